The summed E-state index contributed by atoms with van der Waals surface area (Å²) in [5.41, 5.74) is 4.20. The number of aromatic nitrogens is 3. The molecule has 1 aliphatic rings. The molecule has 25 heavy (non-hydrogen) atoms. The number of anilines is 1. The van der Waals surface area contributed by atoms with E-state index in [0.717, 1.165) is 42.3 Å². The van der Waals surface area contributed by atoms with Gasteiger partial charge in [0.15, 0.2) is 0 Å². The SMILES string of the molecule is COc1ncc(CN2CCOC(c3cc(N(C)C)cc(C)n3)C2)cn1. The van der Waals surface area contributed by atoms with Gasteiger partial charge in [0, 0.05) is 63.1 Å². The van der Waals surface area contributed by atoms with Gasteiger partial charge in [0.25, 0.3) is 0 Å². The molecular weight excluding hydrogens is 318 g/mol. The third kappa shape index (κ3) is 4.43. The monoisotopic (exact) mass is 343 g/mol. The minimum absolute atomic E-state index is 0.0217. The zero-order valence-electron chi connectivity index (χ0n) is 15.3. The number of rotatable bonds is 5. The van der Waals surface area contributed by atoms with Crippen molar-refractivity contribution in [3.05, 3.63) is 41.5 Å². The summed E-state index contributed by atoms with van der Waals surface area (Å²) in [7, 11) is 5.64. The van der Waals surface area contributed by atoms with Crippen LogP contribution in [0.3, 0.4) is 0 Å². The van der Waals surface area contributed by atoms with Crippen LogP contribution in [0.2, 0.25) is 0 Å². The molecule has 3 heterocycles. The Morgan fingerprint density at radius 1 is 1.28 bits per heavy atom. The Bertz CT molecular complexity index is 705. The molecule has 0 spiro atoms. The number of hydrogen-bond acceptors (Lipinski definition) is 7. The number of methoxy groups -OCH3 is 1. The molecule has 1 fully saturated rings. The predicted octanol–water partition coefficient (Wildman–Crippen LogP) is 1.83. The zero-order valence-corrected chi connectivity index (χ0v) is 15.3. The Morgan fingerprint density at radius 3 is 2.72 bits per heavy atom. The van der Waals surface area contributed by atoms with Crippen LogP contribution in [0.1, 0.15) is 23.1 Å². The second-order valence-corrected chi connectivity index (χ2v) is 6.46. The lowest BCUT2D eigenvalue weighted by Gasteiger charge is -2.33. The van der Waals surface area contributed by atoms with Crippen molar-refractivity contribution in [3.63, 3.8) is 0 Å². The molecular formula is C18H25N5O2. The molecule has 0 bridgehead atoms. The number of aryl methyl sites for hydroxylation is 1. The number of pyridine rings is 1. The highest BCUT2D eigenvalue weighted by Crippen LogP contribution is 2.25. The van der Waals surface area contributed by atoms with E-state index in [0.29, 0.717) is 12.6 Å². The van der Waals surface area contributed by atoms with E-state index >= 15 is 0 Å². The van der Waals surface area contributed by atoms with Crippen LogP contribution >= 0.6 is 0 Å². The first kappa shape index (κ1) is 17.6. The number of nitrogens with zero attached hydrogens (tertiary/aromatic N) is 5. The van der Waals surface area contributed by atoms with Crippen molar-refractivity contribution in [2.45, 2.75) is 19.6 Å². The van der Waals surface area contributed by atoms with Crippen LogP contribution in [0.5, 0.6) is 6.01 Å². The van der Waals surface area contributed by atoms with Gasteiger partial charge in [0.2, 0.25) is 0 Å². The quantitative estimate of drug-likeness (QED) is 0.820. The highest BCUT2D eigenvalue weighted by atomic mass is 16.5. The summed E-state index contributed by atoms with van der Waals surface area (Å²) >= 11 is 0. The van der Waals surface area contributed by atoms with Crippen molar-refractivity contribution in [3.8, 4) is 6.01 Å². The molecule has 0 N–H and O–H groups in total. The van der Waals surface area contributed by atoms with Gasteiger partial charge in [-0.3, -0.25) is 9.88 Å². The molecule has 1 atom stereocenters. The molecule has 0 saturated carbocycles. The molecule has 1 unspecified atom stereocenters. The van der Waals surface area contributed by atoms with E-state index in [1.54, 1.807) is 7.11 Å². The Labute approximate surface area is 148 Å². The molecule has 1 aliphatic heterocycles. The molecule has 0 aromatic carbocycles. The predicted molar refractivity (Wildman–Crippen MR) is 95.9 cm³/mol. The number of ether oxygens (including phenoxy) is 2. The largest absolute Gasteiger partial charge is 0.467 e. The van der Waals surface area contributed by atoms with Crippen molar-refractivity contribution in [2.24, 2.45) is 0 Å². The molecule has 0 amide bonds. The topological polar surface area (TPSA) is 63.6 Å². The fourth-order valence-corrected chi connectivity index (χ4v) is 2.91. The van der Waals surface area contributed by atoms with Gasteiger partial charge in [-0.15, -0.1) is 0 Å². The van der Waals surface area contributed by atoms with Crippen molar-refractivity contribution < 1.29 is 9.47 Å². The molecule has 2 aromatic rings. The average molecular weight is 343 g/mol. The van der Waals surface area contributed by atoms with Gasteiger partial charge in [0.05, 0.1) is 19.4 Å². The summed E-state index contributed by atoms with van der Waals surface area (Å²) in [6, 6.07) is 4.58. The van der Waals surface area contributed by atoms with Gasteiger partial charge < -0.3 is 14.4 Å². The Hall–Kier alpha value is -2.25. The molecule has 0 aliphatic carbocycles. The van der Waals surface area contributed by atoms with E-state index < -0.39 is 0 Å². The summed E-state index contributed by atoms with van der Waals surface area (Å²) in [5.74, 6) is 0. The van der Waals surface area contributed by atoms with Crippen molar-refractivity contribution in [1.29, 1.82) is 0 Å². The lowest BCUT2D eigenvalue weighted by molar-refractivity contribution is -0.0350. The second-order valence-electron chi connectivity index (χ2n) is 6.46. The van der Waals surface area contributed by atoms with Crippen LogP contribution in [0.4, 0.5) is 5.69 Å². The number of hydrogen-bond donors (Lipinski definition) is 0. The van der Waals surface area contributed by atoms with Crippen LogP contribution in [0, 0.1) is 6.92 Å². The van der Waals surface area contributed by atoms with Gasteiger partial charge in [-0.25, -0.2) is 9.97 Å². The van der Waals surface area contributed by atoms with Crippen LogP contribution in [-0.4, -0.2) is 60.8 Å². The fourth-order valence-electron chi connectivity index (χ4n) is 2.91. The fraction of sp³-hybridized carbons (Fsp3) is 0.500. The van der Waals surface area contributed by atoms with E-state index in [-0.39, 0.29) is 6.10 Å². The van der Waals surface area contributed by atoms with Crippen LogP contribution in [-0.2, 0) is 11.3 Å². The molecule has 2 aromatic heterocycles. The van der Waals surface area contributed by atoms with Gasteiger partial charge in [-0.2, -0.15) is 0 Å². The van der Waals surface area contributed by atoms with E-state index in [2.05, 4.69) is 36.9 Å². The van der Waals surface area contributed by atoms with Crippen molar-refractivity contribution in [2.75, 3.05) is 45.8 Å². The molecule has 1 saturated heterocycles. The maximum Gasteiger partial charge on any atom is 0.316 e. The van der Waals surface area contributed by atoms with Gasteiger partial charge >= 0.3 is 6.01 Å². The summed E-state index contributed by atoms with van der Waals surface area (Å²) in [5, 5.41) is 0. The Kier molecular flexibility index (Phi) is 5.45. The Balaban J connectivity index is 1.70. The molecule has 3 rings (SSSR count). The van der Waals surface area contributed by atoms with Crippen LogP contribution in [0.15, 0.2) is 24.5 Å². The third-order valence-corrected chi connectivity index (χ3v) is 4.23. The zero-order chi connectivity index (χ0) is 17.8. The number of morpholine rings is 1. The van der Waals surface area contributed by atoms with Crippen LogP contribution < -0.4 is 9.64 Å². The first-order valence-electron chi connectivity index (χ1n) is 8.40. The highest BCUT2D eigenvalue weighted by Gasteiger charge is 2.24. The smallest absolute Gasteiger partial charge is 0.316 e. The summed E-state index contributed by atoms with van der Waals surface area (Å²) < 4.78 is 11.0. The van der Waals surface area contributed by atoms with E-state index in [4.69, 9.17) is 9.47 Å². The maximum absolute atomic E-state index is 5.98. The molecule has 134 valence electrons. The average Bonchev–Trinajstić information content (AvgIpc) is 2.62. The van der Waals surface area contributed by atoms with E-state index in [1.807, 2.05) is 33.4 Å². The van der Waals surface area contributed by atoms with Crippen molar-refractivity contribution in [1.82, 2.24) is 19.9 Å². The van der Waals surface area contributed by atoms with Crippen LogP contribution in [0.25, 0.3) is 0 Å². The molecule has 7 nitrogen and oxygen atoms in total. The lowest BCUT2D eigenvalue weighted by atomic mass is 10.1. The Morgan fingerprint density at radius 2 is 2.04 bits per heavy atom. The summed E-state index contributed by atoms with van der Waals surface area (Å²) in [6.45, 7) is 5.18. The van der Waals surface area contributed by atoms with Gasteiger partial charge in [0.1, 0.15) is 6.10 Å². The standard InChI is InChI=1S/C18H25N5O2/c1-13-7-15(22(2)3)8-16(21-13)17-12-23(5-6-25-17)11-14-9-19-18(24-4)20-10-14/h7-10,17H,5-6,11-12H2,1-4H3. The minimum Gasteiger partial charge on any atom is -0.467 e. The highest BCUT2D eigenvalue weighted by molar-refractivity contribution is 5.47. The van der Waals surface area contributed by atoms with Gasteiger partial charge in [-0.1, -0.05) is 0 Å². The first-order chi connectivity index (χ1) is 12.0. The van der Waals surface area contributed by atoms with Gasteiger partial charge in [-0.05, 0) is 19.1 Å². The summed E-state index contributed by atoms with van der Waals surface area (Å²) in [4.78, 5) is 17.5. The minimum atomic E-state index is -0.0217. The molecule has 0 radical (unpaired) electrons. The lowest BCUT2D eigenvalue weighted by Crippen LogP contribution is -2.38. The van der Waals surface area contributed by atoms with E-state index in [1.165, 1.54) is 0 Å². The van der Waals surface area contributed by atoms with Crippen molar-refractivity contribution >= 4 is 5.69 Å². The first-order valence-corrected chi connectivity index (χ1v) is 8.40. The third-order valence-electron chi connectivity index (χ3n) is 4.23. The summed E-state index contributed by atoms with van der Waals surface area (Å²) in [6.07, 6.45) is 3.60. The maximum atomic E-state index is 5.98. The molecule has 7 heteroatoms. The normalized spacial score (nSPS) is 18.2. The van der Waals surface area contributed by atoms with E-state index in [9.17, 15) is 0 Å². The second kappa shape index (κ2) is 7.76.